The van der Waals surface area contributed by atoms with Crippen molar-refractivity contribution < 1.29 is 0 Å². The molecule has 0 amide bonds. The fourth-order valence-electron chi connectivity index (χ4n) is 3.48. The van der Waals surface area contributed by atoms with Gasteiger partial charge in [-0.05, 0) is 47.7 Å². The number of aromatic nitrogens is 1. The Morgan fingerprint density at radius 3 is 2.88 bits per heavy atom. The van der Waals surface area contributed by atoms with E-state index >= 15 is 0 Å². The Morgan fingerprint density at radius 1 is 1.12 bits per heavy atom. The Labute approximate surface area is 153 Å². The van der Waals surface area contributed by atoms with Gasteiger partial charge in [-0.15, -0.1) is 0 Å². The Bertz CT molecular complexity index is 922. The van der Waals surface area contributed by atoms with Crippen LogP contribution in [0.25, 0.3) is 22.6 Å². The second-order valence-corrected chi connectivity index (χ2v) is 6.91. The summed E-state index contributed by atoms with van der Waals surface area (Å²) < 4.78 is 0. The van der Waals surface area contributed by atoms with Crippen molar-refractivity contribution in [3.8, 4) is 0 Å². The molecule has 1 atom stereocenters. The van der Waals surface area contributed by atoms with E-state index in [2.05, 4.69) is 64.9 Å². The second kappa shape index (κ2) is 7.30. The molecule has 126 valence electrons. The van der Waals surface area contributed by atoms with Crippen molar-refractivity contribution in [2.75, 3.05) is 6.54 Å². The monoisotopic (exact) mass is 348 g/mol. The van der Waals surface area contributed by atoms with Crippen molar-refractivity contribution in [2.45, 2.75) is 18.9 Å². The zero-order chi connectivity index (χ0) is 17.1. The predicted octanol–water partition coefficient (Wildman–Crippen LogP) is 5.67. The molecule has 2 aromatic carbocycles. The minimum absolute atomic E-state index is 0.470. The third kappa shape index (κ3) is 3.71. The molecule has 0 saturated carbocycles. The van der Waals surface area contributed by atoms with Gasteiger partial charge in [0.1, 0.15) is 0 Å². The number of H-pyrrole nitrogens is 1. The number of hydrogen-bond donors (Lipinski definition) is 2. The van der Waals surface area contributed by atoms with Gasteiger partial charge in [-0.25, -0.2) is 0 Å². The summed E-state index contributed by atoms with van der Waals surface area (Å²) in [7, 11) is 0. The molecule has 1 aromatic heterocycles. The van der Waals surface area contributed by atoms with E-state index in [0.717, 1.165) is 29.9 Å². The average molecular weight is 349 g/mol. The first-order valence-corrected chi connectivity index (χ1v) is 9.08. The van der Waals surface area contributed by atoms with Crippen LogP contribution < -0.4 is 5.32 Å². The van der Waals surface area contributed by atoms with Gasteiger partial charge in [0.2, 0.25) is 0 Å². The molecule has 1 unspecified atom stereocenters. The van der Waals surface area contributed by atoms with Gasteiger partial charge in [0, 0.05) is 34.7 Å². The number of fused-ring (bicyclic) bond motifs is 1. The highest BCUT2D eigenvalue weighted by atomic mass is 35.5. The van der Waals surface area contributed by atoms with Crippen LogP contribution in [0.4, 0.5) is 0 Å². The van der Waals surface area contributed by atoms with Crippen LogP contribution in [-0.2, 0) is 0 Å². The van der Waals surface area contributed by atoms with Crippen molar-refractivity contribution in [3.63, 3.8) is 0 Å². The van der Waals surface area contributed by atoms with Gasteiger partial charge < -0.3 is 10.3 Å². The molecule has 2 N–H and O–H groups in total. The van der Waals surface area contributed by atoms with Gasteiger partial charge in [0.05, 0.1) is 0 Å². The lowest BCUT2D eigenvalue weighted by molar-refractivity contribution is 0.542. The Hall–Kier alpha value is -2.29. The molecule has 3 heteroatoms. The zero-order valence-electron chi connectivity index (χ0n) is 14.0. The smallest absolute Gasteiger partial charge is 0.0474 e. The molecular formula is C22H21ClN2. The number of aromatic amines is 1. The SMILES string of the molecule is Clc1cc(/C=C/CC2CC(c3ccccc3)=CCN2)c2cc[nH]c2c1. The molecule has 0 bridgehead atoms. The lowest BCUT2D eigenvalue weighted by Crippen LogP contribution is -2.32. The average Bonchev–Trinajstić information content (AvgIpc) is 3.11. The molecule has 0 spiro atoms. The summed E-state index contributed by atoms with van der Waals surface area (Å²) in [5, 5.41) is 5.56. The molecule has 0 radical (unpaired) electrons. The maximum atomic E-state index is 6.22. The molecule has 2 heterocycles. The van der Waals surface area contributed by atoms with Crippen LogP contribution in [0.2, 0.25) is 5.02 Å². The van der Waals surface area contributed by atoms with Crippen molar-refractivity contribution in [1.82, 2.24) is 10.3 Å². The van der Waals surface area contributed by atoms with E-state index < -0.39 is 0 Å². The summed E-state index contributed by atoms with van der Waals surface area (Å²) in [5.41, 5.74) is 5.02. The molecule has 0 saturated heterocycles. The zero-order valence-corrected chi connectivity index (χ0v) is 14.8. The van der Waals surface area contributed by atoms with Gasteiger partial charge in [-0.1, -0.05) is 60.2 Å². The summed E-state index contributed by atoms with van der Waals surface area (Å²) >= 11 is 6.22. The van der Waals surface area contributed by atoms with Crippen LogP contribution in [0.3, 0.4) is 0 Å². The van der Waals surface area contributed by atoms with E-state index in [1.807, 2.05) is 18.3 Å². The molecule has 25 heavy (non-hydrogen) atoms. The van der Waals surface area contributed by atoms with Crippen LogP contribution in [0.1, 0.15) is 24.0 Å². The Morgan fingerprint density at radius 2 is 2.00 bits per heavy atom. The van der Waals surface area contributed by atoms with E-state index in [4.69, 9.17) is 11.6 Å². The molecule has 1 aliphatic heterocycles. The van der Waals surface area contributed by atoms with Gasteiger partial charge in [0.25, 0.3) is 0 Å². The van der Waals surface area contributed by atoms with Crippen molar-refractivity contribution in [2.24, 2.45) is 0 Å². The number of rotatable bonds is 4. The third-order valence-electron chi connectivity index (χ3n) is 4.75. The molecule has 1 aliphatic rings. The van der Waals surface area contributed by atoms with E-state index in [1.54, 1.807) is 0 Å². The highest BCUT2D eigenvalue weighted by Gasteiger charge is 2.14. The van der Waals surface area contributed by atoms with Crippen LogP contribution in [0.15, 0.2) is 66.9 Å². The van der Waals surface area contributed by atoms with Crippen LogP contribution in [-0.4, -0.2) is 17.6 Å². The Balaban J connectivity index is 1.45. The summed E-state index contributed by atoms with van der Waals surface area (Å²) in [6.07, 6.45) is 10.8. The molecule has 0 aliphatic carbocycles. The highest BCUT2D eigenvalue weighted by Crippen LogP contribution is 2.26. The highest BCUT2D eigenvalue weighted by molar-refractivity contribution is 6.31. The van der Waals surface area contributed by atoms with Gasteiger partial charge in [-0.3, -0.25) is 0 Å². The first-order valence-electron chi connectivity index (χ1n) is 8.70. The lowest BCUT2D eigenvalue weighted by Gasteiger charge is -2.23. The predicted molar refractivity (Wildman–Crippen MR) is 108 cm³/mol. The van der Waals surface area contributed by atoms with Gasteiger partial charge in [-0.2, -0.15) is 0 Å². The van der Waals surface area contributed by atoms with Crippen molar-refractivity contribution >= 4 is 34.2 Å². The number of halogens is 1. The van der Waals surface area contributed by atoms with Crippen LogP contribution >= 0.6 is 11.6 Å². The van der Waals surface area contributed by atoms with E-state index in [1.165, 1.54) is 22.1 Å². The maximum Gasteiger partial charge on any atom is 0.0474 e. The first kappa shape index (κ1) is 16.2. The second-order valence-electron chi connectivity index (χ2n) is 6.48. The normalized spacial score (nSPS) is 18.0. The molecule has 3 aromatic rings. The summed E-state index contributed by atoms with van der Waals surface area (Å²) in [5.74, 6) is 0. The molecule has 0 fully saturated rings. The quantitative estimate of drug-likeness (QED) is 0.624. The lowest BCUT2D eigenvalue weighted by atomic mass is 9.93. The Kier molecular flexibility index (Phi) is 4.73. The topological polar surface area (TPSA) is 27.8 Å². The maximum absolute atomic E-state index is 6.22. The third-order valence-corrected chi connectivity index (χ3v) is 4.97. The van der Waals surface area contributed by atoms with Gasteiger partial charge >= 0.3 is 0 Å². The van der Waals surface area contributed by atoms with Crippen molar-refractivity contribution in [1.29, 1.82) is 0 Å². The number of hydrogen-bond acceptors (Lipinski definition) is 1. The minimum Gasteiger partial charge on any atom is -0.361 e. The van der Waals surface area contributed by atoms with E-state index in [0.29, 0.717) is 6.04 Å². The number of benzene rings is 2. The summed E-state index contributed by atoms with van der Waals surface area (Å²) in [6.45, 7) is 0.932. The minimum atomic E-state index is 0.470. The van der Waals surface area contributed by atoms with E-state index in [9.17, 15) is 0 Å². The van der Waals surface area contributed by atoms with Crippen LogP contribution in [0, 0.1) is 0 Å². The molecule has 2 nitrogen and oxygen atoms in total. The summed E-state index contributed by atoms with van der Waals surface area (Å²) in [6, 6.07) is 17.2. The first-order chi connectivity index (χ1) is 12.3. The largest absolute Gasteiger partial charge is 0.361 e. The van der Waals surface area contributed by atoms with E-state index in [-0.39, 0.29) is 0 Å². The fourth-order valence-corrected chi connectivity index (χ4v) is 3.71. The molecular weight excluding hydrogens is 328 g/mol. The molecule has 4 rings (SSSR count). The van der Waals surface area contributed by atoms with Gasteiger partial charge in [0.15, 0.2) is 0 Å². The number of nitrogens with one attached hydrogen (secondary N) is 2. The standard InChI is InChI=1S/C22H21ClN2/c23-19-13-18(21-10-12-25-22(21)15-19)7-4-8-20-14-17(9-11-24-20)16-5-2-1-3-6-16/h1-7,9-10,12-13,15,20,24-25H,8,11,14H2/b7-4+. The summed E-state index contributed by atoms with van der Waals surface area (Å²) in [4.78, 5) is 3.23. The van der Waals surface area contributed by atoms with Crippen molar-refractivity contribution in [3.05, 3.63) is 83.0 Å². The fraction of sp³-hybridized carbons (Fsp3) is 0.182. The van der Waals surface area contributed by atoms with Crippen LogP contribution in [0.5, 0.6) is 0 Å².